The number of nitrogens with one attached hydrogen (secondary N) is 1. The van der Waals surface area contributed by atoms with Crippen LogP contribution in [-0.4, -0.2) is 18.8 Å². The van der Waals surface area contributed by atoms with E-state index < -0.39 is 0 Å². The second kappa shape index (κ2) is 8.23. The molecule has 0 saturated carbocycles. The monoisotopic (exact) mass is 413 g/mol. The maximum atomic E-state index is 3.62. The number of hydrogen-bond donors (Lipinski definition) is 1. The van der Waals surface area contributed by atoms with Crippen molar-refractivity contribution in [3.05, 3.63) is 63.0 Å². The van der Waals surface area contributed by atoms with Crippen LogP contribution < -0.4 is 5.32 Å². The second-order valence-electron chi connectivity index (χ2n) is 4.52. The molecule has 20 heavy (non-hydrogen) atoms. The minimum Gasteiger partial charge on any atom is -0.316 e. The predicted molar refractivity (Wildman–Crippen MR) is 95.6 cm³/mol. The van der Waals surface area contributed by atoms with E-state index in [0.717, 1.165) is 12.2 Å². The first-order valence-corrected chi connectivity index (χ1v) is 9.06. The molecule has 1 atom stereocenters. The van der Waals surface area contributed by atoms with Crippen LogP contribution >= 0.6 is 43.6 Å². The molecule has 2 aromatic carbocycles. The highest BCUT2D eigenvalue weighted by atomic mass is 79.9. The molecule has 1 nitrogen and oxygen atoms in total. The van der Waals surface area contributed by atoms with Crippen molar-refractivity contribution in [2.24, 2.45) is 0 Å². The Labute approximate surface area is 141 Å². The van der Waals surface area contributed by atoms with Gasteiger partial charge in [-0.1, -0.05) is 46.3 Å². The SMILES string of the molecule is CNC(CSc1ccccc1Br)Cc1ccccc1Br. The van der Waals surface area contributed by atoms with Gasteiger partial charge in [0.05, 0.1) is 0 Å². The summed E-state index contributed by atoms with van der Waals surface area (Å²) in [5.74, 6) is 1.04. The molecule has 0 aromatic heterocycles. The Bertz CT molecular complexity index is 560. The predicted octanol–water partition coefficient (Wildman–Crippen LogP) is 5.13. The largest absolute Gasteiger partial charge is 0.316 e. The average molecular weight is 415 g/mol. The highest BCUT2D eigenvalue weighted by molar-refractivity contribution is 9.10. The van der Waals surface area contributed by atoms with Crippen molar-refractivity contribution in [2.45, 2.75) is 17.4 Å². The summed E-state index contributed by atoms with van der Waals surface area (Å²) in [6.45, 7) is 0. The molecule has 0 spiro atoms. The Morgan fingerprint density at radius 2 is 1.65 bits per heavy atom. The molecular formula is C16H17Br2NS. The Morgan fingerprint density at radius 3 is 2.30 bits per heavy atom. The number of hydrogen-bond acceptors (Lipinski definition) is 2. The van der Waals surface area contributed by atoms with E-state index in [-0.39, 0.29) is 0 Å². The Morgan fingerprint density at radius 1 is 1.00 bits per heavy atom. The average Bonchev–Trinajstić information content (AvgIpc) is 2.47. The van der Waals surface area contributed by atoms with Crippen molar-refractivity contribution in [2.75, 3.05) is 12.8 Å². The quantitative estimate of drug-likeness (QED) is 0.657. The van der Waals surface area contributed by atoms with Crippen molar-refractivity contribution >= 4 is 43.6 Å². The maximum Gasteiger partial charge on any atom is 0.0311 e. The number of halogens is 2. The fourth-order valence-electron chi connectivity index (χ4n) is 1.93. The summed E-state index contributed by atoms with van der Waals surface area (Å²) in [5.41, 5.74) is 1.35. The molecule has 1 unspecified atom stereocenters. The van der Waals surface area contributed by atoms with Gasteiger partial charge in [0, 0.05) is 25.6 Å². The highest BCUT2D eigenvalue weighted by Gasteiger charge is 2.11. The van der Waals surface area contributed by atoms with E-state index in [2.05, 4.69) is 79.6 Å². The normalized spacial score (nSPS) is 12.3. The molecule has 1 N–H and O–H groups in total. The van der Waals surface area contributed by atoms with Crippen molar-refractivity contribution in [1.82, 2.24) is 5.32 Å². The van der Waals surface area contributed by atoms with E-state index in [0.29, 0.717) is 6.04 Å². The molecule has 0 amide bonds. The molecule has 0 fully saturated rings. The Hall–Kier alpha value is -0.290. The van der Waals surface area contributed by atoms with Crippen molar-refractivity contribution in [3.63, 3.8) is 0 Å². The molecule has 0 aliphatic rings. The summed E-state index contributed by atoms with van der Waals surface area (Å²) >= 11 is 9.10. The van der Waals surface area contributed by atoms with Gasteiger partial charge in [-0.3, -0.25) is 0 Å². The van der Waals surface area contributed by atoms with E-state index >= 15 is 0 Å². The maximum absolute atomic E-state index is 3.62. The lowest BCUT2D eigenvalue weighted by Gasteiger charge is -2.17. The lowest BCUT2D eigenvalue weighted by Crippen LogP contribution is -2.30. The zero-order chi connectivity index (χ0) is 14.4. The first kappa shape index (κ1) is 16.1. The molecule has 2 rings (SSSR count). The standard InChI is InChI=1S/C16H17Br2NS/c1-19-13(10-12-6-2-3-7-14(12)17)11-20-16-9-5-4-8-15(16)18/h2-9,13,19H,10-11H2,1H3. The van der Waals surface area contributed by atoms with Gasteiger partial charge in [-0.05, 0) is 53.2 Å². The van der Waals surface area contributed by atoms with Crippen LogP contribution in [0.5, 0.6) is 0 Å². The van der Waals surface area contributed by atoms with E-state index in [1.54, 1.807) is 0 Å². The van der Waals surface area contributed by atoms with Gasteiger partial charge in [-0.15, -0.1) is 11.8 Å². The van der Waals surface area contributed by atoms with Crippen LogP contribution in [0, 0.1) is 0 Å². The van der Waals surface area contributed by atoms with Crippen molar-refractivity contribution < 1.29 is 0 Å². The molecule has 106 valence electrons. The minimum absolute atomic E-state index is 0.450. The van der Waals surface area contributed by atoms with Crippen molar-refractivity contribution in [3.8, 4) is 0 Å². The van der Waals surface area contributed by atoms with Crippen LogP contribution in [0.1, 0.15) is 5.56 Å². The molecule has 0 heterocycles. The van der Waals surface area contributed by atoms with Crippen molar-refractivity contribution in [1.29, 1.82) is 0 Å². The molecule has 0 aliphatic carbocycles. The summed E-state index contributed by atoms with van der Waals surface area (Å²) in [5, 5.41) is 3.41. The molecule has 2 aromatic rings. The van der Waals surface area contributed by atoms with Crippen LogP contribution in [0.2, 0.25) is 0 Å². The molecule has 0 saturated heterocycles. The van der Waals surface area contributed by atoms with Crippen LogP contribution in [-0.2, 0) is 6.42 Å². The van der Waals surface area contributed by atoms with Crippen LogP contribution in [0.15, 0.2) is 62.4 Å². The molecule has 4 heteroatoms. The minimum atomic E-state index is 0.450. The molecular weight excluding hydrogens is 398 g/mol. The summed E-state index contributed by atoms with van der Waals surface area (Å²) in [7, 11) is 2.03. The smallest absolute Gasteiger partial charge is 0.0311 e. The fraction of sp³-hybridized carbons (Fsp3) is 0.250. The second-order valence-corrected chi connectivity index (χ2v) is 7.29. The number of rotatable bonds is 6. The first-order chi connectivity index (χ1) is 9.70. The lowest BCUT2D eigenvalue weighted by molar-refractivity contribution is 0.616. The highest BCUT2D eigenvalue weighted by Crippen LogP contribution is 2.28. The fourth-order valence-corrected chi connectivity index (χ4v) is 4.05. The van der Waals surface area contributed by atoms with Crippen LogP contribution in [0.25, 0.3) is 0 Å². The summed E-state index contributed by atoms with van der Waals surface area (Å²) in [4.78, 5) is 1.29. The Kier molecular flexibility index (Phi) is 6.62. The van der Waals surface area contributed by atoms with Gasteiger partial charge in [0.2, 0.25) is 0 Å². The number of benzene rings is 2. The first-order valence-electron chi connectivity index (χ1n) is 6.48. The molecule has 0 aliphatic heterocycles. The van der Waals surface area contributed by atoms with Crippen LogP contribution in [0.3, 0.4) is 0 Å². The zero-order valence-corrected chi connectivity index (χ0v) is 15.3. The van der Waals surface area contributed by atoms with Gasteiger partial charge < -0.3 is 5.32 Å². The van der Waals surface area contributed by atoms with Gasteiger partial charge in [-0.2, -0.15) is 0 Å². The van der Waals surface area contributed by atoms with Gasteiger partial charge in [0.1, 0.15) is 0 Å². The lowest BCUT2D eigenvalue weighted by atomic mass is 10.1. The van der Waals surface area contributed by atoms with E-state index in [1.807, 2.05) is 24.9 Å². The topological polar surface area (TPSA) is 12.0 Å². The molecule has 0 bridgehead atoms. The van der Waals surface area contributed by atoms with Gasteiger partial charge in [0.25, 0.3) is 0 Å². The van der Waals surface area contributed by atoms with E-state index in [1.165, 1.54) is 19.4 Å². The number of likely N-dealkylation sites (N-methyl/N-ethyl adjacent to an activating group) is 1. The summed E-state index contributed by atoms with van der Waals surface area (Å²) < 4.78 is 2.35. The van der Waals surface area contributed by atoms with Gasteiger partial charge >= 0.3 is 0 Å². The van der Waals surface area contributed by atoms with Crippen LogP contribution in [0.4, 0.5) is 0 Å². The Balaban J connectivity index is 1.96. The van der Waals surface area contributed by atoms with E-state index in [4.69, 9.17) is 0 Å². The van der Waals surface area contributed by atoms with Gasteiger partial charge in [-0.25, -0.2) is 0 Å². The third-order valence-corrected chi connectivity index (χ3v) is 6.07. The summed E-state index contributed by atoms with van der Waals surface area (Å²) in [6, 6.07) is 17.2. The summed E-state index contributed by atoms with van der Waals surface area (Å²) in [6.07, 6.45) is 1.02. The van der Waals surface area contributed by atoms with Gasteiger partial charge in [0.15, 0.2) is 0 Å². The van der Waals surface area contributed by atoms with E-state index in [9.17, 15) is 0 Å². The zero-order valence-electron chi connectivity index (χ0n) is 11.3. The molecule has 0 radical (unpaired) electrons. The number of thioether (sulfide) groups is 1. The third-order valence-electron chi connectivity index (χ3n) is 3.11. The third kappa shape index (κ3) is 4.62.